The number of ether oxygens (including phenoxy) is 4. The van der Waals surface area contributed by atoms with Crippen LogP contribution in [0.5, 0.6) is 11.5 Å². The Morgan fingerprint density at radius 1 is 1.14 bits per heavy atom. The molecule has 1 aliphatic rings. The summed E-state index contributed by atoms with van der Waals surface area (Å²) in [5, 5.41) is 6.41. The zero-order valence-electron chi connectivity index (χ0n) is 21.5. The summed E-state index contributed by atoms with van der Waals surface area (Å²) in [4.78, 5) is 15.6. The molecule has 0 saturated heterocycles. The Hall–Kier alpha value is -2.91. The van der Waals surface area contributed by atoms with Crippen LogP contribution in [-0.4, -0.2) is 38.5 Å². The van der Waals surface area contributed by atoms with Gasteiger partial charge in [0.2, 0.25) is 6.10 Å². The molecule has 194 valence electrons. The number of thioether (sulfide) groups is 2. The summed E-state index contributed by atoms with van der Waals surface area (Å²) in [7, 11) is 4.84. The molecule has 0 bridgehead atoms. The molecule has 36 heavy (non-hydrogen) atoms. The van der Waals surface area contributed by atoms with E-state index >= 15 is 0 Å². The number of amides is 1. The first-order valence-corrected chi connectivity index (χ1v) is 13.6. The van der Waals surface area contributed by atoms with Gasteiger partial charge in [-0.25, -0.2) is 0 Å². The maximum Gasteiger partial charge on any atom is 0.268 e. The lowest BCUT2D eigenvalue weighted by molar-refractivity contribution is -0.130. The number of hydrogen-bond acceptors (Lipinski definition) is 8. The zero-order chi connectivity index (χ0) is 26.1. The Labute approximate surface area is 222 Å². The number of carbonyl (C=O) groups is 1. The Bertz CT molecular complexity index is 1080. The van der Waals surface area contributed by atoms with Crippen LogP contribution in [0.4, 0.5) is 5.69 Å². The van der Waals surface area contributed by atoms with Crippen molar-refractivity contribution in [3.63, 3.8) is 0 Å². The second kappa shape index (κ2) is 13.4. The summed E-state index contributed by atoms with van der Waals surface area (Å²) in [5.41, 5.74) is 1.29. The molecular formula is C27H34N2O5S2. The minimum Gasteiger partial charge on any atom is -0.501 e. The van der Waals surface area contributed by atoms with Crippen molar-refractivity contribution < 1.29 is 23.7 Å². The van der Waals surface area contributed by atoms with E-state index in [1.807, 2.05) is 62.4 Å². The highest BCUT2D eigenvalue weighted by Crippen LogP contribution is 2.44. The molecule has 0 aliphatic carbocycles. The molecule has 2 N–H and O–H groups in total. The van der Waals surface area contributed by atoms with Crippen LogP contribution in [0.3, 0.4) is 0 Å². The molecule has 0 radical (unpaired) electrons. The van der Waals surface area contributed by atoms with Crippen molar-refractivity contribution in [3.05, 3.63) is 65.6 Å². The number of anilines is 1. The van der Waals surface area contributed by atoms with Crippen molar-refractivity contribution in [3.8, 4) is 11.5 Å². The first-order chi connectivity index (χ1) is 17.4. The highest BCUT2D eigenvalue weighted by atomic mass is 32.2. The SMILES string of the molecule is CCSc1cccc(C(O/C(C)=C/C=C(\CC)OC)C(=O)NC2Nc3cc(OC)c(OC)cc3S2)c1. The smallest absolute Gasteiger partial charge is 0.268 e. The van der Waals surface area contributed by atoms with E-state index in [2.05, 4.69) is 17.6 Å². The fraction of sp³-hybridized carbons (Fsp3) is 0.370. The molecule has 2 aromatic rings. The summed E-state index contributed by atoms with van der Waals surface area (Å²) >= 11 is 3.22. The second-order valence-electron chi connectivity index (χ2n) is 7.83. The maximum absolute atomic E-state index is 13.5. The predicted molar refractivity (Wildman–Crippen MR) is 147 cm³/mol. The number of nitrogens with one attached hydrogen (secondary N) is 2. The monoisotopic (exact) mass is 530 g/mol. The third-order valence-corrected chi connectivity index (χ3v) is 7.36. The lowest BCUT2D eigenvalue weighted by Gasteiger charge is -2.22. The molecule has 9 heteroatoms. The quantitative estimate of drug-likeness (QED) is 0.187. The fourth-order valence-corrected chi connectivity index (χ4v) is 5.37. The highest BCUT2D eigenvalue weighted by molar-refractivity contribution is 8.00. The minimum absolute atomic E-state index is 0.246. The van der Waals surface area contributed by atoms with Crippen molar-refractivity contribution in [2.24, 2.45) is 0 Å². The van der Waals surface area contributed by atoms with Crippen LogP contribution >= 0.6 is 23.5 Å². The standard InChI is InChI=1S/C27H34N2O5S2/c1-7-19(31-4)13-12-17(3)34-25(18-10-9-11-20(14-18)35-8-2)26(30)29-27-28-21-15-22(32-5)23(33-6)16-24(21)36-27/h9-16,25,27-28H,7-8H2,1-6H3,(H,29,30)/b17-12+,19-13+. The van der Waals surface area contributed by atoms with Crippen LogP contribution in [0.2, 0.25) is 0 Å². The van der Waals surface area contributed by atoms with Gasteiger partial charge in [0.05, 0.1) is 38.5 Å². The van der Waals surface area contributed by atoms with Gasteiger partial charge in [0.25, 0.3) is 5.91 Å². The summed E-state index contributed by atoms with van der Waals surface area (Å²) in [5.74, 6) is 3.39. The Morgan fingerprint density at radius 2 is 1.89 bits per heavy atom. The first-order valence-electron chi connectivity index (χ1n) is 11.7. The van der Waals surface area contributed by atoms with Crippen LogP contribution in [-0.2, 0) is 14.3 Å². The number of methoxy groups -OCH3 is 3. The van der Waals surface area contributed by atoms with Crippen LogP contribution in [0, 0.1) is 0 Å². The van der Waals surface area contributed by atoms with E-state index in [1.54, 1.807) is 33.1 Å². The molecule has 2 atom stereocenters. The number of fused-ring (bicyclic) bond motifs is 1. The van der Waals surface area contributed by atoms with E-state index in [0.717, 1.165) is 39.0 Å². The molecule has 1 heterocycles. The van der Waals surface area contributed by atoms with Gasteiger partial charge in [0.15, 0.2) is 17.0 Å². The van der Waals surface area contributed by atoms with Crippen molar-refractivity contribution >= 4 is 35.1 Å². The van der Waals surface area contributed by atoms with Gasteiger partial charge in [0.1, 0.15) is 0 Å². The molecule has 0 fully saturated rings. The van der Waals surface area contributed by atoms with Gasteiger partial charge >= 0.3 is 0 Å². The average Bonchev–Trinajstić information content (AvgIpc) is 3.28. The van der Waals surface area contributed by atoms with Crippen molar-refractivity contribution in [2.75, 3.05) is 32.4 Å². The van der Waals surface area contributed by atoms with Gasteiger partial charge in [0, 0.05) is 27.8 Å². The third-order valence-electron chi connectivity index (χ3n) is 5.42. The van der Waals surface area contributed by atoms with Crippen molar-refractivity contribution in [1.82, 2.24) is 5.32 Å². The van der Waals surface area contributed by atoms with Crippen molar-refractivity contribution in [1.29, 1.82) is 0 Å². The Kier molecular flexibility index (Phi) is 10.3. The van der Waals surface area contributed by atoms with E-state index < -0.39 is 6.10 Å². The number of hydrogen-bond donors (Lipinski definition) is 2. The van der Waals surface area contributed by atoms with Crippen LogP contribution < -0.4 is 20.1 Å². The Morgan fingerprint density at radius 3 is 2.56 bits per heavy atom. The molecule has 2 unspecified atom stereocenters. The highest BCUT2D eigenvalue weighted by Gasteiger charge is 2.30. The maximum atomic E-state index is 13.5. The molecular weight excluding hydrogens is 496 g/mol. The molecule has 0 aromatic heterocycles. The number of rotatable bonds is 12. The molecule has 0 saturated carbocycles. The van der Waals surface area contributed by atoms with Gasteiger partial charge in [-0.3, -0.25) is 4.79 Å². The first kappa shape index (κ1) is 27.7. The zero-order valence-corrected chi connectivity index (χ0v) is 23.2. The van der Waals surface area contributed by atoms with E-state index in [9.17, 15) is 4.79 Å². The van der Waals surface area contributed by atoms with Gasteiger partial charge in [-0.1, -0.05) is 37.7 Å². The largest absolute Gasteiger partial charge is 0.501 e. The molecule has 1 aliphatic heterocycles. The molecule has 2 aromatic carbocycles. The fourth-order valence-electron chi connectivity index (χ4n) is 3.61. The van der Waals surface area contributed by atoms with E-state index in [4.69, 9.17) is 18.9 Å². The van der Waals surface area contributed by atoms with Gasteiger partial charge in [-0.2, -0.15) is 0 Å². The summed E-state index contributed by atoms with van der Waals surface area (Å²) in [6.07, 6.45) is 3.63. The topological polar surface area (TPSA) is 78.1 Å². The van der Waals surface area contributed by atoms with E-state index in [-0.39, 0.29) is 11.4 Å². The predicted octanol–water partition coefficient (Wildman–Crippen LogP) is 6.34. The van der Waals surface area contributed by atoms with Gasteiger partial charge in [-0.05, 0) is 43.0 Å². The number of benzene rings is 2. The third kappa shape index (κ3) is 7.07. The molecule has 3 rings (SSSR count). The summed E-state index contributed by atoms with van der Waals surface area (Å²) in [6.45, 7) is 5.95. The minimum atomic E-state index is -0.824. The van der Waals surface area contributed by atoms with Crippen LogP contribution in [0.25, 0.3) is 0 Å². The summed E-state index contributed by atoms with van der Waals surface area (Å²) < 4.78 is 22.3. The number of carbonyl (C=O) groups excluding carboxylic acids is 1. The molecule has 1 amide bonds. The Balaban J connectivity index is 1.82. The lowest BCUT2D eigenvalue weighted by atomic mass is 10.1. The summed E-state index contributed by atoms with van der Waals surface area (Å²) in [6, 6.07) is 11.7. The van der Waals surface area contributed by atoms with Crippen LogP contribution in [0.15, 0.2) is 69.9 Å². The molecule has 7 nitrogen and oxygen atoms in total. The van der Waals surface area contributed by atoms with Gasteiger partial charge in [-0.15, -0.1) is 11.8 Å². The lowest BCUT2D eigenvalue weighted by Crippen LogP contribution is -2.39. The van der Waals surface area contributed by atoms with Crippen molar-refractivity contribution in [2.45, 2.75) is 48.6 Å². The van der Waals surface area contributed by atoms with E-state index in [0.29, 0.717) is 17.3 Å². The molecule has 0 spiro atoms. The normalized spacial score (nSPS) is 16.0. The van der Waals surface area contributed by atoms with E-state index in [1.165, 1.54) is 11.8 Å². The second-order valence-corrected chi connectivity index (χ2v) is 10.3. The number of allylic oxidation sites excluding steroid dienone is 4. The van der Waals surface area contributed by atoms with Crippen LogP contribution in [0.1, 0.15) is 38.9 Å². The van der Waals surface area contributed by atoms with Gasteiger partial charge < -0.3 is 29.6 Å². The average molecular weight is 531 g/mol.